The number of fused-ring (bicyclic) bond motifs is 1. The Morgan fingerprint density at radius 2 is 1.71 bits per heavy atom. The summed E-state index contributed by atoms with van der Waals surface area (Å²) in [6, 6.07) is 16.1. The second kappa shape index (κ2) is 9.69. The smallest absolute Gasteiger partial charge is 0.300 e. The van der Waals surface area contributed by atoms with Crippen LogP contribution in [0.1, 0.15) is 19.2 Å². The Morgan fingerprint density at radius 3 is 2.46 bits per heavy atom. The molecular weight excluding hydrogens is 447 g/mol. The van der Waals surface area contributed by atoms with Gasteiger partial charge < -0.3 is 9.80 Å². The molecule has 1 atom stereocenters. The fraction of sp³-hybridized carbons (Fsp3) is 0.308. The molecule has 9 heteroatoms. The van der Waals surface area contributed by atoms with Crippen molar-refractivity contribution < 1.29 is 9.18 Å². The van der Waals surface area contributed by atoms with Crippen LogP contribution in [0.5, 0.6) is 0 Å². The predicted octanol–water partition coefficient (Wildman–Crippen LogP) is 2.94. The molecule has 0 aliphatic carbocycles. The molecule has 1 aliphatic heterocycles. The number of halogens is 1. The number of aromatic nitrogens is 4. The van der Waals surface area contributed by atoms with Gasteiger partial charge in [0, 0.05) is 57.1 Å². The van der Waals surface area contributed by atoms with E-state index in [9.17, 15) is 14.0 Å². The molecule has 3 heterocycles. The summed E-state index contributed by atoms with van der Waals surface area (Å²) in [5, 5.41) is 8.28. The number of anilines is 1. The zero-order valence-electron chi connectivity index (χ0n) is 19.5. The highest BCUT2D eigenvalue weighted by Crippen LogP contribution is 2.18. The number of carbonyl (C=O) groups excluding carboxylic acids is 1. The van der Waals surface area contributed by atoms with Gasteiger partial charge in [-0.05, 0) is 36.2 Å². The summed E-state index contributed by atoms with van der Waals surface area (Å²) in [6.45, 7) is 5.04. The van der Waals surface area contributed by atoms with Crippen LogP contribution in [0.4, 0.5) is 10.1 Å². The molecule has 1 amide bonds. The van der Waals surface area contributed by atoms with E-state index in [0.29, 0.717) is 37.4 Å². The monoisotopic (exact) mass is 474 g/mol. The molecule has 2 aromatic carbocycles. The zero-order valence-corrected chi connectivity index (χ0v) is 19.5. The average molecular weight is 475 g/mol. The second-order valence-electron chi connectivity index (χ2n) is 8.98. The molecule has 4 aromatic rings. The summed E-state index contributed by atoms with van der Waals surface area (Å²) in [4.78, 5) is 30.0. The van der Waals surface area contributed by atoms with E-state index >= 15 is 0 Å². The molecule has 0 radical (unpaired) electrons. The van der Waals surface area contributed by atoms with Gasteiger partial charge in [-0.2, -0.15) is 0 Å². The molecule has 1 fully saturated rings. The standard InChI is InChI=1S/C26H27FN6O2/c1-19(17-24(34)31-12-10-30(11-13-31)21-7-3-2-4-8-21)16-23-28-29-25-26(35)32(14-15-33(23)25)22-9-5-6-20(27)18-22/h2-9,14-15,18-19H,10-13,16-17H2,1H3. The molecule has 0 spiro atoms. The van der Waals surface area contributed by atoms with Crippen molar-refractivity contribution in [1.82, 2.24) is 24.1 Å². The van der Waals surface area contributed by atoms with Crippen LogP contribution < -0.4 is 10.5 Å². The van der Waals surface area contributed by atoms with Gasteiger partial charge in [0.05, 0.1) is 5.69 Å². The molecule has 180 valence electrons. The minimum absolute atomic E-state index is 0.0349. The first-order chi connectivity index (χ1) is 17.0. The molecule has 5 rings (SSSR count). The van der Waals surface area contributed by atoms with Crippen LogP contribution in [0, 0.1) is 11.7 Å². The second-order valence-corrected chi connectivity index (χ2v) is 8.98. The highest BCUT2D eigenvalue weighted by Gasteiger charge is 2.23. The molecule has 1 saturated heterocycles. The first-order valence-corrected chi connectivity index (χ1v) is 11.8. The summed E-state index contributed by atoms with van der Waals surface area (Å²) in [5.41, 5.74) is 1.40. The first kappa shape index (κ1) is 22.8. The number of piperazine rings is 1. The van der Waals surface area contributed by atoms with E-state index in [-0.39, 0.29) is 23.0 Å². The van der Waals surface area contributed by atoms with Crippen LogP contribution in [0.15, 0.2) is 71.8 Å². The lowest BCUT2D eigenvalue weighted by atomic mass is 10.0. The maximum absolute atomic E-state index is 13.6. The Labute approximate surface area is 202 Å². The van der Waals surface area contributed by atoms with E-state index < -0.39 is 5.82 Å². The van der Waals surface area contributed by atoms with E-state index in [4.69, 9.17) is 0 Å². The summed E-state index contributed by atoms with van der Waals surface area (Å²) in [6.07, 6.45) is 4.20. The lowest BCUT2D eigenvalue weighted by Gasteiger charge is -2.36. The highest BCUT2D eigenvalue weighted by atomic mass is 19.1. The van der Waals surface area contributed by atoms with E-state index in [0.717, 1.165) is 13.1 Å². The van der Waals surface area contributed by atoms with E-state index in [2.05, 4.69) is 27.2 Å². The quantitative estimate of drug-likeness (QED) is 0.430. The molecule has 0 saturated carbocycles. The third-order valence-electron chi connectivity index (χ3n) is 6.44. The Morgan fingerprint density at radius 1 is 0.971 bits per heavy atom. The van der Waals surface area contributed by atoms with E-state index in [1.807, 2.05) is 30.0 Å². The molecule has 8 nitrogen and oxygen atoms in total. The predicted molar refractivity (Wildman–Crippen MR) is 131 cm³/mol. The number of carbonyl (C=O) groups is 1. The Hall–Kier alpha value is -4.01. The van der Waals surface area contributed by atoms with Gasteiger partial charge in [-0.25, -0.2) is 4.39 Å². The van der Waals surface area contributed by atoms with Crippen molar-refractivity contribution in [3.63, 3.8) is 0 Å². The molecular formula is C26H27FN6O2. The van der Waals surface area contributed by atoms with Gasteiger partial charge in [-0.1, -0.05) is 31.2 Å². The van der Waals surface area contributed by atoms with Crippen LogP contribution in [0.25, 0.3) is 11.3 Å². The summed E-state index contributed by atoms with van der Waals surface area (Å²) >= 11 is 0. The van der Waals surface area contributed by atoms with Crippen molar-refractivity contribution in [2.75, 3.05) is 31.1 Å². The van der Waals surface area contributed by atoms with Crippen LogP contribution in [0.3, 0.4) is 0 Å². The molecule has 1 unspecified atom stereocenters. The Balaban J connectivity index is 1.22. The van der Waals surface area contributed by atoms with Crippen molar-refractivity contribution in [2.24, 2.45) is 5.92 Å². The van der Waals surface area contributed by atoms with Crippen molar-refractivity contribution in [2.45, 2.75) is 19.8 Å². The maximum Gasteiger partial charge on any atom is 0.300 e. The van der Waals surface area contributed by atoms with Crippen LogP contribution >= 0.6 is 0 Å². The van der Waals surface area contributed by atoms with Gasteiger partial charge in [0.2, 0.25) is 11.6 Å². The molecule has 1 aliphatic rings. The zero-order chi connectivity index (χ0) is 24.4. The number of hydrogen-bond donors (Lipinski definition) is 0. The Kier molecular flexibility index (Phi) is 6.31. The average Bonchev–Trinajstić information content (AvgIpc) is 3.28. The van der Waals surface area contributed by atoms with Crippen LogP contribution in [0.2, 0.25) is 0 Å². The summed E-state index contributed by atoms with van der Waals surface area (Å²) in [7, 11) is 0. The molecule has 0 bridgehead atoms. The molecule has 2 aromatic heterocycles. The highest BCUT2D eigenvalue weighted by molar-refractivity contribution is 5.76. The minimum atomic E-state index is -0.420. The first-order valence-electron chi connectivity index (χ1n) is 11.8. The van der Waals surface area contributed by atoms with Crippen molar-refractivity contribution >= 4 is 17.2 Å². The number of benzene rings is 2. The fourth-order valence-electron chi connectivity index (χ4n) is 4.57. The van der Waals surface area contributed by atoms with Crippen molar-refractivity contribution in [3.05, 3.63) is 89.0 Å². The van der Waals surface area contributed by atoms with Crippen LogP contribution in [-0.4, -0.2) is 56.2 Å². The largest absolute Gasteiger partial charge is 0.368 e. The van der Waals surface area contributed by atoms with Gasteiger partial charge in [0.1, 0.15) is 11.6 Å². The fourth-order valence-corrected chi connectivity index (χ4v) is 4.57. The van der Waals surface area contributed by atoms with Gasteiger partial charge in [0.25, 0.3) is 0 Å². The van der Waals surface area contributed by atoms with Gasteiger partial charge >= 0.3 is 5.56 Å². The topological polar surface area (TPSA) is 75.7 Å². The maximum atomic E-state index is 13.6. The molecule has 0 N–H and O–H groups in total. The minimum Gasteiger partial charge on any atom is -0.368 e. The number of rotatable bonds is 6. The van der Waals surface area contributed by atoms with Crippen molar-refractivity contribution in [1.29, 1.82) is 0 Å². The molecule has 35 heavy (non-hydrogen) atoms. The van der Waals surface area contributed by atoms with E-state index in [1.54, 1.807) is 28.9 Å². The number of nitrogens with zero attached hydrogens (tertiary/aromatic N) is 6. The lowest BCUT2D eigenvalue weighted by molar-refractivity contribution is -0.132. The van der Waals surface area contributed by atoms with Gasteiger partial charge in [0.15, 0.2) is 0 Å². The Bertz CT molecular complexity index is 1390. The van der Waals surface area contributed by atoms with Crippen LogP contribution in [-0.2, 0) is 11.2 Å². The third kappa shape index (κ3) is 4.80. The van der Waals surface area contributed by atoms with Gasteiger partial charge in [-0.15, -0.1) is 10.2 Å². The lowest BCUT2D eigenvalue weighted by Crippen LogP contribution is -2.49. The SMILES string of the molecule is CC(CC(=O)N1CCN(c2ccccc2)CC1)Cc1nnc2c(=O)n(-c3cccc(F)c3)ccn12. The van der Waals surface area contributed by atoms with Gasteiger partial charge in [-0.3, -0.25) is 18.6 Å². The third-order valence-corrected chi connectivity index (χ3v) is 6.44. The van der Waals surface area contributed by atoms with Crippen molar-refractivity contribution in [3.8, 4) is 5.69 Å². The summed E-state index contributed by atoms with van der Waals surface area (Å²) in [5.74, 6) is 0.370. The number of amides is 1. The van der Waals surface area contributed by atoms with E-state index in [1.165, 1.54) is 22.4 Å². The normalized spacial score (nSPS) is 14.9. The number of para-hydroxylation sites is 1. The summed E-state index contributed by atoms with van der Waals surface area (Å²) < 4.78 is 16.6. The number of hydrogen-bond acceptors (Lipinski definition) is 5.